The van der Waals surface area contributed by atoms with Crippen LogP contribution in [0.25, 0.3) is 0 Å². The van der Waals surface area contributed by atoms with Gasteiger partial charge in [-0.15, -0.1) is 0 Å². The number of aliphatic hydroxyl groups is 1. The Morgan fingerprint density at radius 2 is 1.95 bits per heavy atom. The fraction of sp³-hybridized carbons (Fsp3) is 0.176. The maximum Gasteiger partial charge on any atom is 0.250 e. The number of hydrogen-bond donors (Lipinski definition) is 1. The first-order valence-electron chi connectivity index (χ1n) is 6.52. The topological polar surface area (TPSA) is 66.0 Å². The Hall–Kier alpha value is -2.82. The van der Waals surface area contributed by atoms with Crippen molar-refractivity contribution in [3.05, 3.63) is 70.1 Å². The Balaban J connectivity index is 2.19. The first-order chi connectivity index (χ1) is 10.2. The van der Waals surface area contributed by atoms with Gasteiger partial charge in [0.25, 0.3) is 5.56 Å². The molecule has 0 saturated heterocycles. The zero-order chi connectivity index (χ0) is 15.1. The van der Waals surface area contributed by atoms with E-state index < -0.39 is 6.10 Å². The number of pyridine rings is 1. The number of aromatic nitrogens is 1. The molecule has 1 aromatic carbocycles. The fourth-order valence-electron chi connectivity index (χ4n) is 1.82. The van der Waals surface area contributed by atoms with Gasteiger partial charge in [-0.1, -0.05) is 42.2 Å². The van der Waals surface area contributed by atoms with Crippen LogP contribution in [-0.2, 0) is 6.54 Å². The summed E-state index contributed by atoms with van der Waals surface area (Å²) in [6.45, 7) is 0.339. The van der Waals surface area contributed by atoms with Crippen molar-refractivity contribution in [3.63, 3.8) is 0 Å². The summed E-state index contributed by atoms with van der Waals surface area (Å²) in [5.41, 5.74) is 1.18. The minimum absolute atomic E-state index is 0.167. The molecule has 104 valence electrons. The average Bonchev–Trinajstić information content (AvgIpc) is 2.53. The van der Waals surface area contributed by atoms with Gasteiger partial charge in [0.2, 0.25) is 0 Å². The molecule has 4 nitrogen and oxygen atoms in total. The van der Waals surface area contributed by atoms with Crippen molar-refractivity contribution in [2.45, 2.75) is 19.1 Å². The van der Waals surface area contributed by atoms with Crippen LogP contribution in [0.4, 0.5) is 0 Å². The van der Waals surface area contributed by atoms with E-state index in [-0.39, 0.29) is 12.0 Å². The first kappa shape index (κ1) is 14.6. The minimum Gasteiger partial charge on any atom is -0.376 e. The van der Waals surface area contributed by atoms with Crippen LogP contribution < -0.4 is 5.56 Å². The second-order valence-electron chi connectivity index (χ2n) is 4.44. The Bertz CT molecular complexity index is 761. The molecule has 0 aliphatic carbocycles. The molecule has 1 aromatic heterocycles. The summed E-state index contributed by atoms with van der Waals surface area (Å²) < 4.78 is 1.45. The zero-order valence-corrected chi connectivity index (χ0v) is 11.4. The number of rotatable bonds is 3. The molecule has 1 N–H and O–H groups in total. The van der Waals surface area contributed by atoms with Gasteiger partial charge in [0.05, 0.1) is 12.5 Å². The molecule has 0 bridgehead atoms. The van der Waals surface area contributed by atoms with E-state index >= 15 is 0 Å². The second kappa shape index (κ2) is 7.09. The molecule has 0 aliphatic rings. The Morgan fingerprint density at radius 1 is 1.19 bits per heavy atom. The van der Waals surface area contributed by atoms with Crippen molar-refractivity contribution in [1.29, 1.82) is 5.26 Å². The molecule has 0 spiro atoms. The SMILES string of the molecule is N#CCCn1cc(C#CC(O)c2ccccc2)ccc1=O. The van der Waals surface area contributed by atoms with Crippen LogP contribution in [0.5, 0.6) is 0 Å². The molecule has 1 heterocycles. The Morgan fingerprint density at radius 3 is 2.67 bits per heavy atom. The molecule has 21 heavy (non-hydrogen) atoms. The summed E-state index contributed by atoms with van der Waals surface area (Å²) in [6, 6.07) is 14.2. The summed E-state index contributed by atoms with van der Waals surface area (Å²) in [4.78, 5) is 11.6. The van der Waals surface area contributed by atoms with Crippen molar-refractivity contribution in [2.24, 2.45) is 0 Å². The number of benzene rings is 1. The molecule has 0 saturated carbocycles. The second-order valence-corrected chi connectivity index (χ2v) is 4.44. The molecule has 0 aliphatic heterocycles. The van der Waals surface area contributed by atoms with Crippen LogP contribution in [0, 0.1) is 23.2 Å². The van der Waals surface area contributed by atoms with Crippen LogP contribution in [0.15, 0.2) is 53.5 Å². The van der Waals surface area contributed by atoms with Crippen molar-refractivity contribution in [3.8, 4) is 17.9 Å². The highest BCUT2D eigenvalue weighted by Crippen LogP contribution is 2.10. The van der Waals surface area contributed by atoms with Gasteiger partial charge in [-0.3, -0.25) is 4.79 Å². The van der Waals surface area contributed by atoms with Crippen LogP contribution in [-0.4, -0.2) is 9.67 Å². The van der Waals surface area contributed by atoms with Crippen LogP contribution in [0.3, 0.4) is 0 Å². The third-order valence-electron chi connectivity index (χ3n) is 2.92. The van der Waals surface area contributed by atoms with E-state index in [0.29, 0.717) is 12.1 Å². The summed E-state index contributed by atoms with van der Waals surface area (Å²) in [5, 5.41) is 18.5. The highest BCUT2D eigenvalue weighted by Gasteiger charge is 2.02. The van der Waals surface area contributed by atoms with Gasteiger partial charge in [0.1, 0.15) is 6.10 Å². The predicted molar refractivity (Wildman–Crippen MR) is 79.2 cm³/mol. The molecular weight excluding hydrogens is 264 g/mol. The minimum atomic E-state index is -0.870. The predicted octanol–water partition coefficient (Wildman–Crippen LogP) is 1.85. The summed E-state index contributed by atoms with van der Waals surface area (Å²) in [5.74, 6) is 5.59. The highest BCUT2D eigenvalue weighted by atomic mass is 16.3. The molecule has 0 radical (unpaired) electrons. The molecule has 0 fully saturated rings. The zero-order valence-electron chi connectivity index (χ0n) is 11.4. The van der Waals surface area contributed by atoms with Gasteiger partial charge in [-0.05, 0) is 11.6 Å². The van der Waals surface area contributed by atoms with E-state index in [1.807, 2.05) is 24.3 Å². The molecule has 2 rings (SSSR count). The van der Waals surface area contributed by atoms with E-state index in [4.69, 9.17) is 5.26 Å². The van der Waals surface area contributed by atoms with E-state index in [9.17, 15) is 9.90 Å². The lowest BCUT2D eigenvalue weighted by Gasteiger charge is -2.03. The van der Waals surface area contributed by atoms with E-state index in [2.05, 4.69) is 11.8 Å². The van der Waals surface area contributed by atoms with Gasteiger partial charge < -0.3 is 9.67 Å². The van der Waals surface area contributed by atoms with Crippen LogP contribution >= 0.6 is 0 Å². The molecule has 4 heteroatoms. The maximum absolute atomic E-state index is 11.6. The van der Waals surface area contributed by atoms with Crippen molar-refractivity contribution >= 4 is 0 Å². The maximum atomic E-state index is 11.6. The normalized spacial score (nSPS) is 11.0. The van der Waals surface area contributed by atoms with Crippen molar-refractivity contribution in [1.82, 2.24) is 4.57 Å². The van der Waals surface area contributed by atoms with E-state index in [0.717, 1.165) is 5.56 Å². The third-order valence-corrected chi connectivity index (χ3v) is 2.92. The molecular formula is C17H14N2O2. The van der Waals surface area contributed by atoms with Crippen molar-refractivity contribution in [2.75, 3.05) is 0 Å². The summed E-state index contributed by atoms with van der Waals surface area (Å²) in [6.07, 6.45) is 0.999. The number of nitriles is 1. The molecule has 1 unspecified atom stereocenters. The summed E-state index contributed by atoms with van der Waals surface area (Å²) in [7, 11) is 0. The Kier molecular flexibility index (Phi) is 4.93. The molecule has 2 aromatic rings. The average molecular weight is 278 g/mol. The van der Waals surface area contributed by atoms with Gasteiger partial charge in [-0.2, -0.15) is 5.26 Å². The number of hydrogen-bond acceptors (Lipinski definition) is 3. The lowest BCUT2D eigenvalue weighted by atomic mass is 10.1. The lowest BCUT2D eigenvalue weighted by Crippen LogP contribution is -2.18. The van der Waals surface area contributed by atoms with E-state index in [1.165, 1.54) is 10.6 Å². The third kappa shape index (κ3) is 4.07. The number of aliphatic hydroxyl groups excluding tert-OH is 1. The molecule has 0 amide bonds. The smallest absolute Gasteiger partial charge is 0.250 e. The largest absolute Gasteiger partial charge is 0.376 e. The van der Waals surface area contributed by atoms with Crippen molar-refractivity contribution < 1.29 is 5.11 Å². The Labute approximate surface area is 122 Å². The van der Waals surface area contributed by atoms with Gasteiger partial charge in [0.15, 0.2) is 0 Å². The lowest BCUT2D eigenvalue weighted by molar-refractivity contribution is 0.238. The molecule has 1 atom stereocenters. The highest BCUT2D eigenvalue weighted by molar-refractivity contribution is 5.35. The quantitative estimate of drug-likeness (QED) is 0.871. The van der Waals surface area contributed by atoms with Gasteiger partial charge in [0, 0.05) is 24.4 Å². The van der Waals surface area contributed by atoms with Crippen LogP contribution in [0.1, 0.15) is 23.7 Å². The standard InChI is InChI=1S/C17H14N2O2/c18-11-4-12-19-13-14(8-10-17(19)21)7-9-16(20)15-5-2-1-3-6-15/h1-3,5-6,8,10,13,16,20H,4,12H2. The fourth-order valence-corrected chi connectivity index (χ4v) is 1.82. The first-order valence-corrected chi connectivity index (χ1v) is 6.52. The van der Waals surface area contributed by atoms with Gasteiger partial charge >= 0.3 is 0 Å². The summed E-state index contributed by atoms with van der Waals surface area (Å²) >= 11 is 0. The number of nitrogens with zero attached hydrogens (tertiary/aromatic N) is 2. The van der Waals surface area contributed by atoms with Gasteiger partial charge in [-0.25, -0.2) is 0 Å². The van der Waals surface area contributed by atoms with E-state index in [1.54, 1.807) is 24.4 Å². The van der Waals surface area contributed by atoms with Crippen LogP contribution in [0.2, 0.25) is 0 Å². The monoisotopic (exact) mass is 278 g/mol. The number of aryl methyl sites for hydroxylation is 1.